The van der Waals surface area contributed by atoms with E-state index in [-0.39, 0.29) is 17.5 Å². The lowest BCUT2D eigenvalue weighted by Crippen LogP contribution is -2.32. The number of hydrogen-bond acceptors (Lipinski definition) is 2. The van der Waals surface area contributed by atoms with E-state index in [9.17, 15) is 4.79 Å². The second-order valence-electron chi connectivity index (χ2n) is 5.89. The van der Waals surface area contributed by atoms with Crippen molar-refractivity contribution in [3.05, 3.63) is 0 Å². The molecule has 0 aromatic rings. The fraction of sp³-hybridized carbons (Fsp3) is 0.933. The van der Waals surface area contributed by atoms with Gasteiger partial charge in [-0.3, -0.25) is 4.79 Å². The normalized spacial score (nSPS) is 13.7. The molecule has 0 heterocycles. The van der Waals surface area contributed by atoms with Crippen molar-refractivity contribution in [1.29, 1.82) is 0 Å². The molecule has 0 aliphatic rings. The van der Waals surface area contributed by atoms with Gasteiger partial charge in [-0.2, -0.15) is 0 Å². The zero-order chi connectivity index (χ0) is 13.3. The number of Topliss-reactive ketones (excluding diaryl/α,β-unsaturated/α-hetero) is 1. The van der Waals surface area contributed by atoms with Gasteiger partial charge in [-0.05, 0) is 34.1 Å². The van der Waals surface area contributed by atoms with Crippen molar-refractivity contribution in [2.45, 2.75) is 91.3 Å². The van der Waals surface area contributed by atoms with E-state index >= 15 is 0 Å². The van der Waals surface area contributed by atoms with Crippen molar-refractivity contribution in [3.63, 3.8) is 0 Å². The molecular formula is C15H30O2. The Morgan fingerprint density at radius 2 is 1.59 bits per heavy atom. The highest BCUT2D eigenvalue weighted by Gasteiger charge is 2.21. The Kier molecular flexibility index (Phi) is 8.49. The summed E-state index contributed by atoms with van der Waals surface area (Å²) in [6.07, 6.45) is 8.20. The first kappa shape index (κ1) is 16.6. The first-order valence-corrected chi connectivity index (χ1v) is 7.05. The summed E-state index contributed by atoms with van der Waals surface area (Å²) in [6, 6.07) is 0. The first-order valence-electron chi connectivity index (χ1n) is 7.05. The predicted octanol–water partition coefficient (Wildman–Crippen LogP) is 4.51. The molecular weight excluding hydrogens is 212 g/mol. The smallest absolute Gasteiger partial charge is 0.158 e. The van der Waals surface area contributed by atoms with Crippen LogP contribution in [0.25, 0.3) is 0 Å². The summed E-state index contributed by atoms with van der Waals surface area (Å²) < 4.78 is 5.78. The third-order valence-electron chi connectivity index (χ3n) is 2.77. The molecule has 0 rings (SSSR count). The number of ether oxygens (including phenoxy) is 1. The van der Waals surface area contributed by atoms with Crippen LogP contribution in [0.2, 0.25) is 0 Å². The van der Waals surface area contributed by atoms with Gasteiger partial charge in [0.25, 0.3) is 0 Å². The van der Waals surface area contributed by atoms with Crippen molar-refractivity contribution in [1.82, 2.24) is 0 Å². The Bertz CT molecular complexity index is 203. The average molecular weight is 242 g/mol. The van der Waals surface area contributed by atoms with Gasteiger partial charge >= 0.3 is 0 Å². The minimum atomic E-state index is -0.224. The summed E-state index contributed by atoms with van der Waals surface area (Å²) in [5, 5.41) is 0. The molecule has 0 amide bonds. The molecule has 0 aliphatic carbocycles. The molecule has 2 heteroatoms. The minimum absolute atomic E-state index is 0.161. The summed E-state index contributed by atoms with van der Waals surface area (Å²) in [4.78, 5) is 11.5. The second-order valence-corrected chi connectivity index (χ2v) is 5.89. The summed E-state index contributed by atoms with van der Waals surface area (Å²) in [7, 11) is 0. The molecule has 0 spiro atoms. The molecule has 102 valence electrons. The maximum atomic E-state index is 11.5. The SMILES string of the molecule is CCCCCCCCC(OC(C)(C)C)C(C)=O. The molecule has 0 bridgehead atoms. The van der Waals surface area contributed by atoms with Crippen molar-refractivity contribution in [2.75, 3.05) is 0 Å². The van der Waals surface area contributed by atoms with Crippen LogP contribution in [0, 0.1) is 0 Å². The molecule has 0 aromatic heterocycles. The number of rotatable bonds is 9. The molecule has 1 unspecified atom stereocenters. The Hall–Kier alpha value is -0.370. The van der Waals surface area contributed by atoms with Crippen molar-refractivity contribution < 1.29 is 9.53 Å². The lowest BCUT2D eigenvalue weighted by Gasteiger charge is -2.26. The van der Waals surface area contributed by atoms with E-state index in [1.54, 1.807) is 6.92 Å². The van der Waals surface area contributed by atoms with Crippen LogP contribution in [0.1, 0.15) is 79.6 Å². The highest BCUT2D eigenvalue weighted by Crippen LogP contribution is 2.17. The summed E-state index contributed by atoms with van der Waals surface area (Å²) in [5.41, 5.74) is -0.224. The Morgan fingerprint density at radius 3 is 2.06 bits per heavy atom. The van der Waals surface area contributed by atoms with Gasteiger partial charge < -0.3 is 4.74 Å². The van der Waals surface area contributed by atoms with Gasteiger partial charge in [-0.1, -0.05) is 45.4 Å². The molecule has 0 N–H and O–H groups in total. The molecule has 0 saturated carbocycles. The standard InChI is InChI=1S/C15H30O2/c1-6-7-8-9-10-11-12-14(13(2)16)17-15(3,4)5/h14H,6-12H2,1-5H3. The van der Waals surface area contributed by atoms with Gasteiger partial charge in [0.1, 0.15) is 6.10 Å². The molecule has 17 heavy (non-hydrogen) atoms. The third kappa shape index (κ3) is 10.5. The molecule has 0 aliphatic heterocycles. The van der Waals surface area contributed by atoms with E-state index in [0.29, 0.717) is 0 Å². The Morgan fingerprint density at radius 1 is 1.06 bits per heavy atom. The van der Waals surface area contributed by atoms with Crippen LogP contribution in [0.15, 0.2) is 0 Å². The molecule has 2 nitrogen and oxygen atoms in total. The second kappa shape index (κ2) is 8.68. The number of hydrogen-bond donors (Lipinski definition) is 0. The van der Waals surface area contributed by atoms with Crippen LogP contribution in [0.5, 0.6) is 0 Å². The lowest BCUT2D eigenvalue weighted by molar-refractivity contribution is -0.138. The molecule has 0 fully saturated rings. The van der Waals surface area contributed by atoms with E-state index < -0.39 is 0 Å². The average Bonchev–Trinajstić information content (AvgIpc) is 2.19. The molecule has 0 aromatic carbocycles. The van der Waals surface area contributed by atoms with Crippen molar-refractivity contribution >= 4 is 5.78 Å². The Labute approximate surface area is 107 Å². The minimum Gasteiger partial charge on any atom is -0.365 e. The first-order chi connectivity index (χ1) is 7.87. The number of carbonyl (C=O) groups excluding carboxylic acids is 1. The van der Waals surface area contributed by atoms with E-state index in [1.165, 1.54) is 32.1 Å². The van der Waals surface area contributed by atoms with Crippen LogP contribution < -0.4 is 0 Å². The molecule has 0 saturated heterocycles. The summed E-state index contributed by atoms with van der Waals surface area (Å²) in [6.45, 7) is 9.87. The van der Waals surface area contributed by atoms with Crippen LogP contribution in [-0.2, 0) is 9.53 Å². The van der Waals surface area contributed by atoms with E-state index in [1.807, 2.05) is 20.8 Å². The van der Waals surface area contributed by atoms with E-state index in [4.69, 9.17) is 4.74 Å². The van der Waals surface area contributed by atoms with Gasteiger partial charge in [-0.15, -0.1) is 0 Å². The number of ketones is 1. The van der Waals surface area contributed by atoms with Gasteiger partial charge in [0, 0.05) is 0 Å². The Balaban J connectivity index is 3.75. The largest absolute Gasteiger partial charge is 0.365 e. The molecule has 1 atom stereocenters. The maximum Gasteiger partial charge on any atom is 0.158 e. The zero-order valence-electron chi connectivity index (χ0n) is 12.3. The quantitative estimate of drug-likeness (QED) is 0.556. The number of unbranched alkanes of at least 4 members (excludes halogenated alkanes) is 5. The van der Waals surface area contributed by atoms with Gasteiger partial charge in [0.15, 0.2) is 5.78 Å². The van der Waals surface area contributed by atoms with E-state index in [2.05, 4.69) is 6.92 Å². The highest BCUT2D eigenvalue weighted by atomic mass is 16.5. The van der Waals surface area contributed by atoms with Crippen LogP contribution >= 0.6 is 0 Å². The third-order valence-corrected chi connectivity index (χ3v) is 2.77. The van der Waals surface area contributed by atoms with Crippen LogP contribution in [0.4, 0.5) is 0 Å². The zero-order valence-corrected chi connectivity index (χ0v) is 12.3. The predicted molar refractivity (Wildman–Crippen MR) is 73.3 cm³/mol. The molecule has 0 radical (unpaired) electrons. The maximum absolute atomic E-state index is 11.5. The lowest BCUT2D eigenvalue weighted by atomic mass is 10.0. The highest BCUT2D eigenvalue weighted by molar-refractivity contribution is 5.80. The van der Waals surface area contributed by atoms with Crippen LogP contribution in [-0.4, -0.2) is 17.5 Å². The van der Waals surface area contributed by atoms with Crippen molar-refractivity contribution in [2.24, 2.45) is 0 Å². The van der Waals surface area contributed by atoms with Crippen molar-refractivity contribution in [3.8, 4) is 0 Å². The fourth-order valence-electron chi connectivity index (χ4n) is 1.88. The van der Waals surface area contributed by atoms with E-state index in [0.717, 1.165) is 12.8 Å². The summed E-state index contributed by atoms with van der Waals surface area (Å²) >= 11 is 0. The van der Waals surface area contributed by atoms with Gasteiger partial charge in [0.2, 0.25) is 0 Å². The fourth-order valence-corrected chi connectivity index (χ4v) is 1.88. The van der Waals surface area contributed by atoms with Gasteiger partial charge in [0.05, 0.1) is 5.60 Å². The number of carbonyl (C=O) groups is 1. The topological polar surface area (TPSA) is 26.3 Å². The summed E-state index contributed by atoms with van der Waals surface area (Å²) in [5.74, 6) is 0.161. The van der Waals surface area contributed by atoms with Crippen LogP contribution in [0.3, 0.4) is 0 Å². The monoisotopic (exact) mass is 242 g/mol. The van der Waals surface area contributed by atoms with Gasteiger partial charge in [-0.25, -0.2) is 0 Å².